The van der Waals surface area contributed by atoms with Gasteiger partial charge in [0, 0.05) is 5.69 Å². The Morgan fingerprint density at radius 3 is 2.67 bits per heavy atom. The number of aryl methyl sites for hydroxylation is 1. The molecule has 0 spiro atoms. The number of carbonyl (C=O) groups is 1. The van der Waals surface area contributed by atoms with Crippen molar-refractivity contribution in [2.24, 2.45) is 0 Å². The minimum Gasteiger partial charge on any atom is -0.454 e. The van der Waals surface area contributed by atoms with Crippen LogP contribution in [-0.2, 0) is 11.2 Å². The second-order valence-electron chi connectivity index (χ2n) is 4.88. The Bertz CT molecular complexity index is 613. The quantitative estimate of drug-likeness (QED) is 0.598. The third-order valence-corrected chi connectivity index (χ3v) is 3.34. The van der Waals surface area contributed by atoms with Crippen LogP contribution < -0.4 is 0 Å². The highest BCUT2D eigenvalue weighted by Gasteiger charge is 2.15. The number of nitrogens with zero attached hydrogens (tertiary/aromatic N) is 1. The number of rotatable bonds is 5. The molecule has 3 nitrogen and oxygen atoms in total. The Kier molecular flexibility index (Phi) is 5.34. The lowest BCUT2D eigenvalue weighted by atomic mass is 10.1. The van der Waals surface area contributed by atoms with Gasteiger partial charge in [-0.3, -0.25) is 0 Å². The molecule has 1 aromatic heterocycles. The number of pyridine rings is 1. The summed E-state index contributed by atoms with van der Waals surface area (Å²) in [5.74, 6) is -0.381. The van der Waals surface area contributed by atoms with Gasteiger partial charge in [-0.25, -0.2) is 9.78 Å². The summed E-state index contributed by atoms with van der Waals surface area (Å²) in [4.78, 5) is 16.4. The van der Waals surface area contributed by atoms with E-state index in [1.807, 2.05) is 37.3 Å². The summed E-state index contributed by atoms with van der Waals surface area (Å²) in [6.07, 6.45) is 1.43. The lowest BCUT2D eigenvalue weighted by molar-refractivity contribution is 0.0337. The van der Waals surface area contributed by atoms with Gasteiger partial charge >= 0.3 is 5.97 Å². The van der Waals surface area contributed by atoms with Crippen molar-refractivity contribution in [2.75, 3.05) is 0 Å². The zero-order chi connectivity index (χ0) is 15.2. The number of halogens is 1. The molecule has 0 fully saturated rings. The Morgan fingerprint density at radius 2 is 2.00 bits per heavy atom. The molecule has 0 bridgehead atoms. The van der Waals surface area contributed by atoms with E-state index in [0.717, 1.165) is 24.1 Å². The third kappa shape index (κ3) is 4.30. The minimum absolute atomic E-state index is 0.305. The average molecular weight is 304 g/mol. The molecule has 1 unspecified atom stereocenters. The van der Waals surface area contributed by atoms with Crippen molar-refractivity contribution in [2.45, 2.75) is 32.8 Å². The molecule has 0 N–H and O–H groups in total. The molecule has 1 atom stereocenters. The van der Waals surface area contributed by atoms with Crippen molar-refractivity contribution < 1.29 is 9.53 Å². The first-order chi connectivity index (χ1) is 10.1. The van der Waals surface area contributed by atoms with Crippen molar-refractivity contribution in [3.8, 4) is 0 Å². The van der Waals surface area contributed by atoms with E-state index in [0.29, 0.717) is 10.7 Å². The number of benzene rings is 1. The van der Waals surface area contributed by atoms with Gasteiger partial charge in [-0.15, -0.1) is 0 Å². The van der Waals surface area contributed by atoms with Gasteiger partial charge in [-0.1, -0.05) is 55.3 Å². The SMILES string of the molecule is CCCc1cc(C(=O)OC(C)c2ccccc2)cc(Cl)n1. The van der Waals surface area contributed by atoms with E-state index >= 15 is 0 Å². The highest BCUT2D eigenvalue weighted by atomic mass is 35.5. The molecule has 0 saturated heterocycles. The lowest BCUT2D eigenvalue weighted by Crippen LogP contribution is -2.10. The standard InChI is InChI=1S/C17H18ClNO2/c1-3-7-15-10-14(11-16(18)19-15)17(20)21-12(2)13-8-5-4-6-9-13/h4-6,8-12H,3,7H2,1-2H3. The molecular weight excluding hydrogens is 286 g/mol. The zero-order valence-corrected chi connectivity index (χ0v) is 12.9. The number of carbonyl (C=O) groups excluding carboxylic acids is 1. The number of hydrogen-bond acceptors (Lipinski definition) is 3. The zero-order valence-electron chi connectivity index (χ0n) is 12.2. The van der Waals surface area contributed by atoms with Crippen LogP contribution in [0.5, 0.6) is 0 Å². The Balaban J connectivity index is 2.13. The molecule has 4 heteroatoms. The maximum absolute atomic E-state index is 12.2. The summed E-state index contributed by atoms with van der Waals surface area (Å²) in [5, 5.41) is 0.320. The maximum atomic E-state index is 12.2. The maximum Gasteiger partial charge on any atom is 0.338 e. The third-order valence-electron chi connectivity index (χ3n) is 3.14. The summed E-state index contributed by atoms with van der Waals surface area (Å²) >= 11 is 5.96. The number of ether oxygens (including phenoxy) is 1. The largest absolute Gasteiger partial charge is 0.454 e. The van der Waals surface area contributed by atoms with Crippen LogP contribution in [0.2, 0.25) is 5.15 Å². The summed E-state index contributed by atoms with van der Waals surface area (Å²) in [6, 6.07) is 12.9. The molecule has 0 radical (unpaired) electrons. The summed E-state index contributed by atoms with van der Waals surface area (Å²) in [7, 11) is 0. The molecular formula is C17H18ClNO2. The molecule has 110 valence electrons. The molecule has 0 aliphatic heterocycles. The highest BCUT2D eigenvalue weighted by molar-refractivity contribution is 6.29. The first-order valence-electron chi connectivity index (χ1n) is 7.02. The fourth-order valence-corrected chi connectivity index (χ4v) is 2.30. The molecule has 1 aromatic carbocycles. The predicted molar refractivity (Wildman–Crippen MR) is 83.5 cm³/mol. The molecule has 2 rings (SSSR count). The Morgan fingerprint density at radius 1 is 1.29 bits per heavy atom. The highest BCUT2D eigenvalue weighted by Crippen LogP contribution is 2.20. The normalized spacial score (nSPS) is 12.0. The first kappa shape index (κ1) is 15.5. The average Bonchev–Trinajstić information content (AvgIpc) is 2.48. The Labute approximate surface area is 129 Å². The van der Waals surface area contributed by atoms with Crippen LogP contribution >= 0.6 is 11.6 Å². The smallest absolute Gasteiger partial charge is 0.338 e. The van der Waals surface area contributed by atoms with Crippen LogP contribution in [0.1, 0.15) is 48.0 Å². The van der Waals surface area contributed by atoms with E-state index < -0.39 is 0 Å². The first-order valence-corrected chi connectivity index (χ1v) is 7.40. The van der Waals surface area contributed by atoms with Crippen molar-refractivity contribution in [1.29, 1.82) is 0 Å². The van der Waals surface area contributed by atoms with Crippen LogP contribution in [0.3, 0.4) is 0 Å². The van der Waals surface area contributed by atoms with E-state index in [1.165, 1.54) is 0 Å². The summed E-state index contributed by atoms with van der Waals surface area (Å²) in [6.45, 7) is 3.90. The van der Waals surface area contributed by atoms with E-state index in [9.17, 15) is 4.79 Å². The van der Waals surface area contributed by atoms with Gasteiger partial charge < -0.3 is 4.74 Å². The van der Waals surface area contributed by atoms with Crippen LogP contribution in [0.4, 0.5) is 0 Å². The van der Waals surface area contributed by atoms with Gasteiger partial charge in [0.1, 0.15) is 11.3 Å². The molecule has 21 heavy (non-hydrogen) atoms. The molecule has 2 aromatic rings. The lowest BCUT2D eigenvalue weighted by Gasteiger charge is -2.14. The number of aromatic nitrogens is 1. The number of esters is 1. The topological polar surface area (TPSA) is 39.2 Å². The van der Waals surface area contributed by atoms with Crippen LogP contribution in [0.25, 0.3) is 0 Å². The van der Waals surface area contributed by atoms with Crippen LogP contribution in [0, 0.1) is 0 Å². The van der Waals surface area contributed by atoms with Crippen molar-refractivity contribution in [3.05, 3.63) is 64.4 Å². The van der Waals surface area contributed by atoms with Gasteiger partial charge in [0.2, 0.25) is 0 Å². The van der Waals surface area contributed by atoms with Crippen LogP contribution in [0.15, 0.2) is 42.5 Å². The monoisotopic (exact) mass is 303 g/mol. The number of hydrogen-bond donors (Lipinski definition) is 0. The van der Waals surface area contributed by atoms with Gasteiger partial charge in [0.05, 0.1) is 5.56 Å². The minimum atomic E-state index is -0.381. The van der Waals surface area contributed by atoms with E-state index in [1.54, 1.807) is 12.1 Å². The van der Waals surface area contributed by atoms with Crippen molar-refractivity contribution in [1.82, 2.24) is 4.98 Å². The fourth-order valence-electron chi connectivity index (χ4n) is 2.07. The van der Waals surface area contributed by atoms with E-state index in [-0.39, 0.29) is 12.1 Å². The molecule has 0 saturated carbocycles. The second kappa shape index (κ2) is 7.23. The van der Waals surface area contributed by atoms with Gasteiger partial charge in [-0.05, 0) is 31.0 Å². The summed E-state index contributed by atoms with van der Waals surface area (Å²) in [5.41, 5.74) is 2.21. The van der Waals surface area contributed by atoms with Crippen molar-refractivity contribution in [3.63, 3.8) is 0 Å². The fraction of sp³-hybridized carbons (Fsp3) is 0.294. The van der Waals surface area contributed by atoms with Gasteiger partial charge in [0.25, 0.3) is 0 Å². The van der Waals surface area contributed by atoms with Crippen LogP contribution in [-0.4, -0.2) is 11.0 Å². The predicted octanol–water partition coefficient (Wildman–Crippen LogP) is 4.61. The van der Waals surface area contributed by atoms with Gasteiger partial charge in [0.15, 0.2) is 0 Å². The molecule has 1 heterocycles. The molecule has 0 aliphatic rings. The van der Waals surface area contributed by atoms with Gasteiger partial charge in [-0.2, -0.15) is 0 Å². The van der Waals surface area contributed by atoms with E-state index in [2.05, 4.69) is 11.9 Å². The van der Waals surface area contributed by atoms with Crippen molar-refractivity contribution >= 4 is 17.6 Å². The Hall–Kier alpha value is -1.87. The van der Waals surface area contributed by atoms with E-state index in [4.69, 9.17) is 16.3 Å². The second-order valence-corrected chi connectivity index (χ2v) is 5.27. The molecule has 0 amide bonds. The summed E-state index contributed by atoms with van der Waals surface area (Å²) < 4.78 is 5.49. The molecule has 0 aliphatic carbocycles.